The number of rotatable bonds is 6. The summed E-state index contributed by atoms with van der Waals surface area (Å²) in [5, 5.41) is 7.59. The molecule has 0 saturated carbocycles. The van der Waals surface area contributed by atoms with Crippen molar-refractivity contribution < 1.29 is 17.6 Å². The van der Waals surface area contributed by atoms with E-state index in [1.165, 1.54) is 6.07 Å². The molecule has 1 rings (SSSR count). The lowest BCUT2D eigenvalue weighted by Gasteiger charge is -2.13. The second-order valence-corrected chi connectivity index (χ2v) is 6.11. The summed E-state index contributed by atoms with van der Waals surface area (Å²) < 4.78 is 35.7. The van der Waals surface area contributed by atoms with Gasteiger partial charge in [0.25, 0.3) is 5.91 Å². The second-order valence-electron chi connectivity index (χ2n) is 4.58. The first-order chi connectivity index (χ1) is 9.29. The van der Waals surface area contributed by atoms with Gasteiger partial charge in [0.1, 0.15) is 10.7 Å². The van der Waals surface area contributed by atoms with Crippen LogP contribution in [0.5, 0.6) is 0 Å². The Morgan fingerprint density at radius 3 is 2.45 bits per heavy atom. The van der Waals surface area contributed by atoms with E-state index in [1.807, 2.05) is 13.8 Å². The Bertz CT molecular complexity index is 583. The van der Waals surface area contributed by atoms with Crippen LogP contribution in [0.15, 0.2) is 23.1 Å². The van der Waals surface area contributed by atoms with Crippen molar-refractivity contribution in [3.05, 3.63) is 29.6 Å². The number of primary sulfonamides is 1. The molecule has 20 heavy (non-hydrogen) atoms. The predicted molar refractivity (Wildman–Crippen MR) is 74.2 cm³/mol. The van der Waals surface area contributed by atoms with E-state index >= 15 is 0 Å². The third-order valence-corrected chi connectivity index (χ3v) is 4.13. The minimum Gasteiger partial charge on any atom is -0.352 e. The standard InChI is InChI=1S/C13H19FN2O3S/c1-3-9(4-2)8-16-13(17)10-5-6-11(14)12(7-10)20(15,18)19/h5-7,9H,3-4,8H2,1-2H3,(H,16,17)(H2,15,18,19). The Hall–Kier alpha value is -1.47. The summed E-state index contributed by atoms with van der Waals surface area (Å²) in [5.74, 6) is -1.05. The first kappa shape index (κ1) is 16.6. The number of hydrogen-bond acceptors (Lipinski definition) is 3. The molecule has 0 bridgehead atoms. The van der Waals surface area contributed by atoms with Crippen LogP contribution in [0, 0.1) is 11.7 Å². The van der Waals surface area contributed by atoms with Crippen LogP contribution < -0.4 is 10.5 Å². The smallest absolute Gasteiger partial charge is 0.251 e. The van der Waals surface area contributed by atoms with Gasteiger partial charge in [-0.25, -0.2) is 17.9 Å². The van der Waals surface area contributed by atoms with Gasteiger partial charge in [0, 0.05) is 12.1 Å². The lowest BCUT2D eigenvalue weighted by atomic mass is 10.0. The molecule has 1 aromatic carbocycles. The minimum absolute atomic E-state index is 0.0707. The maximum Gasteiger partial charge on any atom is 0.251 e. The predicted octanol–water partition coefficient (Wildman–Crippen LogP) is 1.64. The van der Waals surface area contributed by atoms with Gasteiger partial charge >= 0.3 is 0 Å². The molecular weight excluding hydrogens is 283 g/mol. The average molecular weight is 302 g/mol. The normalized spacial score (nSPS) is 11.7. The fourth-order valence-electron chi connectivity index (χ4n) is 1.78. The first-order valence-corrected chi connectivity index (χ1v) is 7.94. The van der Waals surface area contributed by atoms with Crippen LogP contribution in [0.4, 0.5) is 4.39 Å². The molecule has 0 unspecified atom stereocenters. The zero-order valence-electron chi connectivity index (χ0n) is 11.5. The Balaban J connectivity index is 2.90. The van der Waals surface area contributed by atoms with Gasteiger partial charge in [-0.3, -0.25) is 4.79 Å². The zero-order valence-corrected chi connectivity index (χ0v) is 12.3. The monoisotopic (exact) mass is 302 g/mol. The Kier molecular flexibility index (Phi) is 5.64. The lowest BCUT2D eigenvalue weighted by molar-refractivity contribution is 0.0946. The van der Waals surface area contributed by atoms with Crippen molar-refractivity contribution >= 4 is 15.9 Å². The van der Waals surface area contributed by atoms with E-state index in [4.69, 9.17) is 5.14 Å². The molecule has 1 aromatic rings. The quantitative estimate of drug-likeness (QED) is 0.837. The molecule has 0 radical (unpaired) electrons. The SMILES string of the molecule is CCC(CC)CNC(=O)c1ccc(F)c(S(N)(=O)=O)c1. The molecule has 0 fully saturated rings. The van der Waals surface area contributed by atoms with Crippen LogP contribution in [-0.4, -0.2) is 20.9 Å². The van der Waals surface area contributed by atoms with Crippen LogP contribution in [0.1, 0.15) is 37.0 Å². The topological polar surface area (TPSA) is 89.3 Å². The number of benzene rings is 1. The summed E-state index contributed by atoms with van der Waals surface area (Å²) in [7, 11) is -4.19. The van der Waals surface area contributed by atoms with E-state index in [0.717, 1.165) is 25.0 Å². The fraction of sp³-hybridized carbons (Fsp3) is 0.462. The summed E-state index contributed by atoms with van der Waals surface area (Å²) in [4.78, 5) is 11.2. The number of nitrogens with one attached hydrogen (secondary N) is 1. The molecule has 1 amide bonds. The Labute approximate surface area is 118 Å². The molecule has 7 heteroatoms. The molecule has 0 aromatic heterocycles. The number of amides is 1. The number of halogens is 1. The van der Waals surface area contributed by atoms with Crippen molar-refractivity contribution in [2.75, 3.05) is 6.54 Å². The van der Waals surface area contributed by atoms with Gasteiger partial charge in [-0.05, 0) is 24.1 Å². The van der Waals surface area contributed by atoms with Gasteiger partial charge in [0.2, 0.25) is 10.0 Å². The van der Waals surface area contributed by atoms with Gasteiger partial charge < -0.3 is 5.32 Å². The maximum absolute atomic E-state index is 13.4. The Morgan fingerprint density at radius 1 is 1.35 bits per heavy atom. The summed E-state index contributed by atoms with van der Waals surface area (Å²) in [6.45, 7) is 4.54. The number of carbonyl (C=O) groups is 1. The van der Waals surface area contributed by atoms with E-state index in [2.05, 4.69) is 5.32 Å². The number of nitrogens with two attached hydrogens (primary N) is 1. The van der Waals surface area contributed by atoms with Crippen molar-refractivity contribution in [3.8, 4) is 0 Å². The zero-order chi connectivity index (χ0) is 15.3. The van der Waals surface area contributed by atoms with E-state index in [1.54, 1.807) is 0 Å². The highest BCUT2D eigenvalue weighted by molar-refractivity contribution is 7.89. The molecule has 0 atom stereocenters. The summed E-state index contributed by atoms with van der Waals surface area (Å²) in [5.41, 5.74) is 0.0707. The van der Waals surface area contributed by atoms with Crippen molar-refractivity contribution in [1.82, 2.24) is 5.32 Å². The third kappa shape index (κ3) is 4.28. The second kappa shape index (κ2) is 6.81. The van der Waals surface area contributed by atoms with Crippen molar-refractivity contribution in [2.24, 2.45) is 11.1 Å². The van der Waals surface area contributed by atoms with Gasteiger partial charge in [-0.1, -0.05) is 26.7 Å². The van der Waals surface area contributed by atoms with E-state index in [-0.39, 0.29) is 5.56 Å². The first-order valence-electron chi connectivity index (χ1n) is 6.40. The van der Waals surface area contributed by atoms with Gasteiger partial charge in [-0.15, -0.1) is 0 Å². The van der Waals surface area contributed by atoms with E-state index in [0.29, 0.717) is 12.5 Å². The van der Waals surface area contributed by atoms with Crippen molar-refractivity contribution in [1.29, 1.82) is 0 Å². The summed E-state index contributed by atoms with van der Waals surface area (Å²) >= 11 is 0. The average Bonchev–Trinajstić information content (AvgIpc) is 2.38. The molecule has 112 valence electrons. The minimum atomic E-state index is -4.19. The van der Waals surface area contributed by atoms with Gasteiger partial charge in [0.05, 0.1) is 0 Å². The van der Waals surface area contributed by atoms with Crippen LogP contribution in [-0.2, 0) is 10.0 Å². The molecule has 0 aliphatic carbocycles. The van der Waals surface area contributed by atoms with Gasteiger partial charge in [0.15, 0.2) is 0 Å². The molecule has 0 spiro atoms. The van der Waals surface area contributed by atoms with Crippen LogP contribution >= 0.6 is 0 Å². The van der Waals surface area contributed by atoms with Crippen LogP contribution in [0.25, 0.3) is 0 Å². The summed E-state index contributed by atoms with van der Waals surface area (Å²) in [6.07, 6.45) is 1.87. The number of carbonyl (C=O) groups excluding carboxylic acids is 1. The highest BCUT2D eigenvalue weighted by Crippen LogP contribution is 2.15. The molecule has 3 N–H and O–H groups in total. The largest absolute Gasteiger partial charge is 0.352 e. The fourth-order valence-corrected chi connectivity index (χ4v) is 2.41. The molecule has 0 saturated heterocycles. The number of hydrogen-bond donors (Lipinski definition) is 2. The molecular formula is C13H19FN2O3S. The molecule has 0 aliphatic rings. The van der Waals surface area contributed by atoms with E-state index < -0.39 is 26.6 Å². The highest BCUT2D eigenvalue weighted by atomic mass is 32.2. The Morgan fingerprint density at radius 2 is 1.95 bits per heavy atom. The number of sulfonamides is 1. The third-order valence-electron chi connectivity index (χ3n) is 3.21. The molecule has 5 nitrogen and oxygen atoms in total. The van der Waals surface area contributed by atoms with Crippen molar-refractivity contribution in [3.63, 3.8) is 0 Å². The summed E-state index contributed by atoms with van der Waals surface area (Å²) in [6, 6.07) is 3.10. The van der Waals surface area contributed by atoms with E-state index in [9.17, 15) is 17.6 Å². The van der Waals surface area contributed by atoms with Gasteiger partial charge in [-0.2, -0.15) is 0 Å². The molecule has 0 aliphatic heterocycles. The molecule has 0 heterocycles. The maximum atomic E-state index is 13.4. The van der Waals surface area contributed by atoms with Crippen molar-refractivity contribution in [2.45, 2.75) is 31.6 Å². The van der Waals surface area contributed by atoms with Crippen LogP contribution in [0.3, 0.4) is 0 Å². The lowest BCUT2D eigenvalue weighted by Crippen LogP contribution is -2.29. The highest BCUT2D eigenvalue weighted by Gasteiger charge is 2.17. The van der Waals surface area contributed by atoms with Crippen LogP contribution in [0.2, 0.25) is 0 Å².